The summed E-state index contributed by atoms with van der Waals surface area (Å²) >= 11 is 0. The molecule has 0 atom stereocenters. The zero-order valence-electron chi connectivity index (χ0n) is 12.4. The van der Waals surface area contributed by atoms with Crippen molar-refractivity contribution in [1.29, 1.82) is 0 Å². The summed E-state index contributed by atoms with van der Waals surface area (Å²) in [6.07, 6.45) is 1.16. The van der Waals surface area contributed by atoms with Crippen LogP contribution in [-0.2, 0) is 0 Å². The van der Waals surface area contributed by atoms with Crippen molar-refractivity contribution >= 4 is 11.6 Å². The lowest BCUT2D eigenvalue weighted by molar-refractivity contribution is 0.0313. The third kappa shape index (κ3) is 3.87. The highest BCUT2D eigenvalue weighted by molar-refractivity contribution is 5.98. The average molecular weight is 280 g/mol. The van der Waals surface area contributed by atoms with Crippen molar-refractivity contribution in [2.24, 2.45) is 0 Å². The standard InChI is InChI=1S/C15H24N2O3/c1-4-15(19,5-2)10-17-14(18)11-8-7-9-12(16)13(11)20-6-3/h7-9,19H,4-6,10,16H2,1-3H3,(H,17,18). The SMILES string of the molecule is CCOc1c(N)cccc1C(=O)NCC(O)(CC)CC. The van der Waals surface area contributed by atoms with Crippen molar-refractivity contribution in [1.82, 2.24) is 5.32 Å². The van der Waals surface area contributed by atoms with E-state index in [2.05, 4.69) is 5.32 Å². The van der Waals surface area contributed by atoms with E-state index < -0.39 is 5.60 Å². The second-order valence-corrected chi connectivity index (χ2v) is 4.77. The van der Waals surface area contributed by atoms with Gasteiger partial charge in [0.05, 0.1) is 23.5 Å². The molecule has 112 valence electrons. The molecule has 0 aromatic heterocycles. The van der Waals surface area contributed by atoms with Gasteiger partial charge < -0.3 is 20.9 Å². The van der Waals surface area contributed by atoms with Gasteiger partial charge in [0.25, 0.3) is 5.91 Å². The number of hydrogen-bond donors (Lipinski definition) is 3. The number of amides is 1. The lowest BCUT2D eigenvalue weighted by Crippen LogP contribution is -2.42. The van der Waals surface area contributed by atoms with Crippen LogP contribution in [0.2, 0.25) is 0 Å². The van der Waals surface area contributed by atoms with Crippen LogP contribution >= 0.6 is 0 Å². The predicted octanol–water partition coefficient (Wildman–Crippen LogP) is 1.95. The Kier molecular flexibility index (Phi) is 5.82. The summed E-state index contributed by atoms with van der Waals surface area (Å²) in [6.45, 7) is 6.26. The van der Waals surface area contributed by atoms with E-state index >= 15 is 0 Å². The van der Waals surface area contributed by atoms with E-state index in [9.17, 15) is 9.90 Å². The van der Waals surface area contributed by atoms with E-state index in [1.165, 1.54) is 0 Å². The number of nitrogens with one attached hydrogen (secondary N) is 1. The summed E-state index contributed by atoms with van der Waals surface area (Å²) in [5, 5.41) is 12.9. The summed E-state index contributed by atoms with van der Waals surface area (Å²) in [5.74, 6) is 0.102. The van der Waals surface area contributed by atoms with Gasteiger partial charge in [-0.15, -0.1) is 0 Å². The normalized spacial score (nSPS) is 11.2. The second-order valence-electron chi connectivity index (χ2n) is 4.77. The Hall–Kier alpha value is -1.75. The molecule has 0 saturated carbocycles. The Bertz CT molecular complexity index is 456. The van der Waals surface area contributed by atoms with Gasteiger partial charge in [-0.3, -0.25) is 4.79 Å². The number of ether oxygens (including phenoxy) is 1. The number of para-hydroxylation sites is 1. The first-order chi connectivity index (χ1) is 9.47. The first-order valence-electron chi connectivity index (χ1n) is 6.99. The highest BCUT2D eigenvalue weighted by Gasteiger charge is 2.24. The fourth-order valence-corrected chi connectivity index (χ4v) is 1.88. The largest absolute Gasteiger partial charge is 0.491 e. The van der Waals surface area contributed by atoms with E-state index in [0.717, 1.165) is 0 Å². The molecule has 5 heteroatoms. The van der Waals surface area contributed by atoms with Gasteiger partial charge in [-0.05, 0) is 31.9 Å². The van der Waals surface area contributed by atoms with Gasteiger partial charge >= 0.3 is 0 Å². The Morgan fingerprint density at radius 3 is 2.55 bits per heavy atom. The van der Waals surface area contributed by atoms with E-state index in [0.29, 0.717) is 36.4 Å². The molecule has 0 spiro atoms. The number of benzene rings is 1. The third-order valence-corrected chi connectivity index (χ3v) is 3.47. The number of nitrogen functional groups attached to an aromatic ring is 1. The van der Waals surface area contributed by atoms with Crippen LogP contribution in [0.1, 0.15) is 44.0 Å². The molecule has 0 aliphatic carbocycles. The van der Waals surface area contributed by atoms with Crippen LogP contribution < -0.4 is 15.8 Å². The molecule has 0 radical (unpaired) electrons. The number of carbonyl (C=O) groups is 1. The molecular weight excluding hydrogens is 256 g/mol. The van der Waals surface area contributed by atoms with Crippen LogP contribution in [0.3, 0.4) is 0 Å². The van der Waals surface area contributed by atoms with Gasteiger partial charge in [-0.2, -0.15) is 0 Å². The molecule has 0 saturated heterocycles. The Labute approximate surface area is 120 Å². The number of anilines is 1. The summed E-state index contributed by atoms with van der Waals surface area (Å²) in [4.78, 5) is 12.2. The Balaban J connectivity index is 2.85. The van der Waals surface area contributed by atoms with Crippen molar-refractivity contribution < 1.29 is 14.6 Å². The highest BCUT2D eigenvalue weighted by Crippen LogP contribution is 2.26. The third-order valence-electron chi connectivity index (χ3n) is 3.47. The molecule has 0 bridgehead atoms. The minimum absolute atomic E-state index is 0.208. The van der Waals surface area contributed by atoms with Gasteiger partial charge in [0.2, 0.25) is 0 Å². The molecular formula is C15H24N2O3. The van der Waals surface area contributed by atoms with Crippen LogP contribution in [0.15, 0.2) is 18.2 Å². The molecule has 1 rings (SSSR count). The van der Waals surface area contributed by atoms with Crippen LogP contribution in [0.4, 0.5) is 5.69 Å². The van der Waals surface area contributed by atoms with Gasteiger partial charge in [-0.1, -0.05) is 19.9 Å². The van der Waals surface area contributed by atoms with E-state index in [-0.39, 0.29) is 12.5 Å². The summed E-state index contributed by atoms with van der Waals surface area (Å²) in [7, 11) is 0. The van der Waals surface area contributed by atoms with Crippen LogP contribution in [0.25, 0.3) is 0 Å². The number of hydrogen-bond acceptors (Lipinski definition) is 4. The fraction of sp³-hybridized carbons (Fsp3) is 0.533. The predicted molar refractivity (Wildman–Crippen MR) is 79.9 cm³/mol. The van der Waals surface area contributed by atoms with Gasteiger partial charge in [0.15, 0.2) is 5.75 Å². The minimum atomic E-state index is -0.873. The lowest BCUT2D eigenvalue weighted by Gasteiger charge is -2.25. The molecule has 0 aliphatic heterocycles. The first kappa shape index (κ1) is 16.3. The van der Waals surface area contributed by atoms with Crippen molar-refractivity contribution in [3.05, 3.63) is 23.8 Å². The molecule has 0 aliphatic rings. The average Bonchev–Trinajstić information content (AvgIpc) is 2.46. The highest BCUT2D eigenvalue weighted by atomic mass is 16.5. The molecule has 1 amide bonds. The van der Waals surface area contributed by atoms with Crippen LogP contribution in [0.5, 0.6) is 5.75 Å². The molecule has 4 N–H and O–H groups in total. The van der Waals surface area contributed by atoms with Crippen molar-refractivity contribution in [3.8, 4) is 5.75 Å². The minimum Gasteiger partial charge on any atom is -0.491 e. The maximum Gasteiger partial charge on any atom is 0.255 e. The molecule has 1 aromatic carbocycles. The van der Waals surface area contributed by atoms with Gasteiger partial charge in [-0.25, -0.2) is 0 Å². The summed E-state index contributed by atoms with van der Waals surface area (Å²) in [6, 6.07) is 5.06. The Morgan fingerprint density at radius 2 is 2.00 bits per heavy atom. The zero-order chi connectivity index (χ0) is 15.2. The first-order valence-corrected chi connectivity index (χ1v) is 6.99. The molecule has 20 heavy (non-hydrogen) atoms. The molecule has 0 unspecified atom stereocenters. The quantitative estimate of drug-likeness (QED) is 0.666. The lowest BCUT2D eigenvalue weighted by atomic mass is 9.97. The summed E-state index contributed by atoms with van der Waals surface area (Å²) < 4.78 is 5.43. The van der Waals surface area contributed by atoms with Crippen molar-refractivity contribution in [2.45, 2.75) is 39.2 Å². The Morgan fingerprint density at radius 1 is 1.35 bits per heavy atom. The molecule has 0 fully saturated rings. The monoisotopic (exact) mass is 280 g/mol. The molecule has 0 heterocycles. The van der Waals surface area contributed by atoms with Gasteiger partial charge in [0.1, 0.15) is 0 Å². The number of aliphatic hydroxyl groups is 1. The number of rotatable bonds is 7. The van der Waals surface area contributed by atoms with E-state index in [4.69, 9.17) is 10.5 Å². The van der Waals surface area contributed by atoms with Crippen LogP contribution in [-0.4, -0.2) is 29.8 Å². The summed E-state index contributed by atoms with van der Waals surface area (Å²) in [5.41, 5.74) is 5.77. The fourth-order valence-electron chi connectivity index (χ4n) is 1.88. The van der Waals surface area contributed by atoms with Crippen molar-refractivity contribution in [2.75, 3.05) is 18.9 Å². The smallest absolute Gasteiger partial charge is 0.255 e. The number of nitrogens with two attached hydrogens (primary N) is 1. The topological polar surface area (TPSA) is 84.6 Å². The zero-order valence-corrected chi connectivity index (χ0v) is 12.4. The second kappa shape index (κ2) is 7.14. The van der Waals surface area contributed by atoms with Crippen LogP contribution in [0, 0.1) is 0 Å². The van der Waals surface area contributed by atoms with E-state index in [1.54, 1.807) is 18.2 Å². The molecule has 5 nitrogen and oxygen atoms in total. The molecule has 1 aromatic rings. The van der Waals surface area contributed by atoms with Crippen molar-refractivity contribution in [3.63, 3.8) is 0 Å². The number of carbonyl (C=O) groups excluding carboxylic acids is 1. The maximum atomic E-state index is 12.2. The van der Waals surface area contributed by atoms with Gasteiger partial charge in [0, 0.05) is 6.54 Å². The van der Waals surface area contributed by atoms with E-state index in [1.807, 2.05) is 20.8 Å². The maximum absolute atomic E-state index is 12.2.